The fourth-order valence-electron chi connectivity index (χ4n) is 3.12. The molecule has 2 heterocycles. The molecule has 6 heteroatoms. The van der Waals surface area contributed by atoms with Crippen molar-refractivity contribution in [3.8, 4) is 6.07 Å². The molecule has 2 aliphatic rings. The van der Waals surface area contributed by atoms with E-state index in [-0.39, 0.29) is 12.0 Å². The molecule has 0 aromatic heterocycles. The minimum absolute atomic E-state index is 0.0919. The number of morpholine rings is 1. The second kappa shape index (κ2) is 6.30. The molecule has 2 saturated heterocycles. The van der Waals surface area contributed by atoms with Crippen molar-refractivity contribution < 1.29 is 19.0 Å². The maximum absolute atomic E-state index is 12.9. The largest absolute Gasteiger partial charge is 0.382 e. The van der Waals surface area contributed by atoms with E-state index in [1.165, 1.54) is 0 Å². The van der Waals surface area contributed by atoms with Crippen LogP contribution in [0, 0.1) is 16.7 Å². The lowest BCUT2D eigenvalue weighted by Crippen LogP contribution is -2.59. The summed E-state index contributed by atoms with van der Waals surface area (Å²) in [6.07, 6.45) is 0.780. The molecule has 2 aliphatic heterocycles. The Morgan fingerprint density at radius 2 is 2.10 bits per heavy atom. The van der Waals surface area contributed by atoms with E-state index < -0.39 is 11.0 Å². The molecule has 0 unspecified atom stereocenters. The smallest absolute Gasteiger partial charge is 0.243 e. The van der Waals surface area contributed by atoms with Crippen molar-refractivity contribution in [2.24, 2.45) is 5.41 Å². The minimum atomic E-state index is -0.941. The number of rotatable bonds is 3. The first-order valence-corrected chi connectivity index (χ1v) is 7.38. The highest BCUT2D eigenvalue weighted by molar-refractivity contribution is 5.85. The van der Waals surface area contributed by atoms with Crippen molar-refractivity contribution >= 4 is 5.91 Å². The average Bonchev–Trinajstić information content (AvgIpc) is 2.46. The normalized spacial score (nSPS) is 27.9. The van der Waals surface area contributed by atoms with Crippen LogP contribution in [-0.2, 0) is 19.0 Å². The maximum atomic E-state index is 12.9. The summed E-state index contributed by atoms with van der Waals surface area (Å²) in [5.41, 5.74) is -1.37. The molecule has 0 N–H and O–H groups in total. The van der Waals surface area contributed by atoms with Gasteiger partial charge in [0.1, 0.15) is 5.41 Å². The van der Waals surface area contributed by atoms with Gasteiger partial charge in [-0.05, 0) is 26.7 Å². The predicted octanol–water partition coefficient (Wildman–Crippen LogP) is 0.959. The quantitative estimate of drug-likeness (QED) is 0.775. The number of ether oxygens (including phenoxy) is 3. The molecule has 0 bridgehead atoms. The molecule has 0 aromatic rings. The van der Waals surface area contributed by atoms with Crippen LogP contribution in [0.15, 0.2) is 0 Å². The molecule has 2 rings (SSSR count). The van der Waals surface area contributed by atoms with Crippen LogP contribution in [0.1, 0.15) is 26.7 Å². The summed E-state index contributed by atoms with van der Waals surface area (Å²) in [4.78, 5) is 14.7. The molecular formula is C15H24N2O4. The second-order valence-electron chi connectivity index (χ2n) is 6.45. The van der Waals surface area contributed by atoms with Gasteiger partial charge in [0.25, 0.3) is 0 Å². The van der Waals surface area contributed by atoms with Gasteiger partial charge in [0.05, 0.1) is 24.4 Å². The van der Waals surface area contributed by atoms with E-state index in [0.717, 1.165) is 0 Å². The van der Waals surface area contributed by atoms with Gasteiger partial charge in [-0.2, -0.15) is 5.26 Å². The minimum Gasteiger partial charge on any atom is -0.382 e. The maximum Gasteiger partial charge on any atom is 0.243 e. The fraction of sp³-hybridized carbons (Fsp3) is 0.867. The van der Waals surface area contributed by atoms with Crippen molar-refractivity contribution in [1.29, 1.82) is 5.26 Å². The number of nitrogens with zero attached hydrogens (tertiary/aromatic N) is 2. The lowest BCUT2D eigenvalue weighted by molar-refractivity contribution is -0.176. The van der Waals surface area contributed by atoms with Gasteiger partial charge >= 0.3 is 0 Å². The van der Waals surface area contributed by atoms with E-state index >= 15 is 0 Å². The zero-order valence-electron chi connectivity index (χ0n) is 13.1. The summed E-state index contributed by atoms with van der Waals surface area (Å²) in [6, 6.07) is 2.25. The summed E-state index contributed by atoms with van der Waals surface area (Å²) in [5, 5.41) is 9.53. The van der Waals surface area contributed by atoms with Gasteiger partial charge in [0.15, 0.2) is 0 Å². The first-order chi connectivity index (χ1) is 9.92. The number of hydrogen-bond donors (Lipinski definition) is 0. The summed E-state index contributed by atoms with van der Waals surface area (Å²) < 4.78 is 16.4. The van der Waals surface area contributed by atoms with Crippen LogP contribution in [0.2, 0.25) is 0 Å². The van der Waals surface area contributed by atoms with Crippen molar-refractivity contribution in [2.45, 2.75) is 38.4 Å². The van der Waals surface area contributed by atoms with Crippen molar-refractivity contribution in [1.82, 2.24) is 4.90 Å². The first-order valence-electron chi connectivity index (χ1n) is 7.38. The number of nitriles is 1. The predicted molar refractivity (Wildman–Crippen MR) is 75.5 cm³/mol. The van der Waals surface area contributed by atoms with Gasteiger partial charge in [-0.3, -0.25) is 4.79 Å². The molecule has 21 heavy (non-hydrogen) atoms. The molecular weight excluding hydrogens is 272 g/mol. The van der Waals surface area contributed by atoms with Gasteiger partial charge in [0, 0.05) is 33.4 Å². The van der Waals surface area contributed by atoms with E-state index in [4.69, 9.17) is 14.2 Å². The highest BCUT2D eigenvalue weighted by Gasteiger charge is 2.46. The Labute approximate surface area is 125 Å². The second-order valence-corrected chi connectivity index (χ2v) is 6.45. The lowest BCUT2D eigenvalue weighted by atomic mass is 9.80. The SMILES string of the molecule is COC[C@@H]1CN(C(=O)C2(C#N)CCOCC2)CC(C)(C)O1. The zero-order valence-corrected chi connectivity index (χ0v) is 13.1. The lowest BCUT2D eigenvalue weighted by Gasteiger charge is -2.45. The monoisotopic (exact) mass is 296 g/mol. The van der Waals surface area contributed by atoms with Crippen LogP contribution in [-0.4, -0.2) is 62.5 Å². The van der Waals surface area contributed by atoms with E-state index in [2.05, 4.69) is 6.07 Å². The van der Waals surface area contributed by atoms with Gasteiger partial charge in [-0.15, -0.1) is 0 Å². The van der Waals surface area contributed by atoms with Crippen LogP contribution < -0.4 is 0 Å². The molecule has 2 fully saturated rings. The van der Waals surface area contributed by atoms with E-state index in [0.29, 0.717) is 45.8 Å². The summed E-state index contributed by atoms with van der Waals surface area (Å²) in [6.45, 7) is 6.26. The molecule has 1 amide bonds. The van der Waals surface area contributed by atoms with Gasteiger partial charge in [0.2, 0.25) is 5.91 Å². The Bertz CT molecular complexity index is 424. The molecule has 1 atom stereocenters. The van der Waals surface area contributed by atoms with Crippen LogP contribution in [0.25, 0.3) is 0 Å². The molecule has 0 aliphatic carbocycles. The van der Waals surface area contributed by atoms with Crippen LogP contribution in [0.3, 0.4) is 0 Å². The molecule has 6 nitrogen and oxygen atoms in total. The van der Waals surface area contributed by atoms with Crippen LogP contribution in [0.4, 0.5) is 0 Å². The molecule has 0 radical (unpaired) electrons. The fourth-order valence-corrected chi connectivity index (χ4v) is 3.12. The van der Waals surface area contributed by atoms with Gasteiger partial charge in [-0.25, -0.2) is 0 Å². The molecule has 0 spiro atoms. The highest BCUT2D eigenvalue weighted by atomic mass is 16.5. The Morgan fingerprint density at radius 3 is 2.67 bits per heavy atom. The Kier molecular flexibility index (Phi) is 4.87. The van der Waals surface area contributed by atoms with Crippen LogP contribution in [0.5, 0.6) is 0 Å². The third kappa shape index (κ3) is 3.54. The first kappa shape index (κ1) is 16.2. The highest BCUT2D eigenvalue weighted by Crippen LogP contribution is 2.34. The summed E-state index contributed by atoms with van der Waals surface area (Å²) in [7, 11) is 1.62. The van der Waals surface area contributed by atoms with Gasteiger partial charge < -0.3 is 19.1 Å². The van der Waals surface area contributed by atoms with Gasteiger partial charge in [-0.1, -0.05) is 0 Å². The summed E-state index contributed by atoms with van der Waals surface area (Å²) in [5.74, 6) is -0.0919. The van der Waals surface area contributed by atoms with Crippen molar-refractivity contribution in [2.75, 3.05) is 40.0 Å². The van der Waals surface area contributed by atoms with E-state index in [1.807, 2.05) is 13.8 Å². The summed E-state index contributed by atoms with van der Waals surface area (Å²) >= 11 is 0. The molecule has 0 saturated carbocycles. The third-order valence-electron chi connectivity index (χ3n) is 4.09. The molecule has 118 valence electrons. The Balaban J connectivity index is 2.15. The van der Waals surface area contributed by atoms with Crippen LogP contribution >= 0.6 is 0 Å². The standard InChI is InChI=1S/C15H24N2O4/c1-14(2)11-17(8-12(21-14)9-19-3)13(18)15(10-16)4-6-20-7-5-15/h12H,4-9,11H2,1-3H3/t12-/m0/s1. The average molecular weight is 296 g/mol. The Hall–Kier alpha value is -1.16. The van der Waals surface area contributed by atoms with E-state index in [9.17, 15) is 10.1 Å². The van der Waals surface area contributed by atoms with Crippen molar-refractivity contribution in [3.05, 3.63) is 0 Å². The zero-order chi connectivity index (χ0) is 15.5. The molecule has 0 aromatic carbocycles. The third-order valence-corrected chi connectivity index (χ3v) is 4.09. The number of hydrogen-bond acceptors (Lipinski definition) is 5. The topological polar surface area (TPSA) is 71.8 Å². The number of methoxy groups -OCH3 is 1. The number of amides is 1. The van der Waals surface area contributed by atoms with E-state index in [1.54, 1.807) is 12.0 Å². The Morgan fingerprint density at radius 1 is 1.43 bits per heavy atom. The number of carbonyl (C=O) groups is 1. The van der Waals surface area contributed by atoms with Crippen molar-refractivity contribution in [3.63, 3.8) is 0 Å². The number of carbonyl (C=O) groups excluding carboxylic acids is 1.